The summed E-state index contributed by atoms with van der Waals surface area (Å²) >= 11 is 0. The Morgan fingerprint density at radius 2 is 1.82 bits per heavy atom. The maximum atomic E-state index is 12.0. The van der Waals surface area contributed by atoms with E-state index in [4.69, 9.17) is 11.5 Å². The average molecular weight is 376 g/mol. The average Bonchev–Trinajstić information content (AvgIpc) is 2.73. The summed E-state index contributed by atoms with van der Waals surface area (Å²) in [6, 6.07) is 13.9. The van der Waals surface area contributed by atoms with Gasteiger partial charge in [-0.25, -0.2) is 4.79 Å². The Bertz CT molecular complexity index is 974. The van der Waals surface area contributed by atoms with Crippen LogP contribution < -0.4 is 22.1 Å². The van der Waals surface area contributed by atoms with Gasteiger partial charge in [0.25, 0.3) is 5.91 Å². The molecule has 8 heteroatoms. The fourth-order valence-corrected chi connectivity index (χ4v) is 2.63. The van der Waals surface area contributed by atoms with E-state index in [9.17, 15) is 9.59 Å². The third-order valence-corrected chi connectivity index (χ3v) is 4.05. The number of carbonyl (C=O) groups excluding carboxylic acids is 2. The summed E-state index contributed by atoms with van der Waals surface area (Å²) < 4.78 is 0. The number of benzene rings is 1. The Morgan fingerprint density at radius 1 is 1.04 bits per heavy atom. The predicted molar refractivity (Wildman–Crippen MR) is 106 cm³/mol. The molecule has 0 aliphatic heterocycles. The summed E-state index contributed by atoms with van der Waals surface area (Å²) in [6.07, 6.45) is 3.37. The van der Waals surface area contributed by atoms with Gasteiger partial charge in [-0.1, -0.05) is 18.2 Å². The highest BCUT2D eigenvalue weighted by Crippen LogP contribution is 2.21. The van der Waals surface area contributed by atoms with Gasteiger partial charge in [0.2, 0.25) is 0 Å². The number of carbonyl (C=O) groups is 2. The van der Waals surface area contributed by atoms with Crippen LogP contribution in [0.15, 0.2) is 60.9 Å². The van der Waals surface area contributed by atoms with Crippen LogP contribution in [0.4, 0.5) is 10.5 Å². The first kappa shape index (κ1) is 19.0. The third-order valence-electron chi connectivity index (χ3n) is 4.05. The zero-order valence-corrected chi connectivity index (χ0v) is 15.1. The first-order valence-electron chi connectivity index (χ1n) is 8.61. The number of amides is 3. The molecular formula is C20H20N6O2. The summed E-state index contributed by atoms with van der Waals surface area (Å²) in [4.78, 5) is 31.8. The highest BCUT2D eigenvalue weighted by molar-refractivity contribution is 5.94. The topological polar surface area (TPSA) is 136 Å². The molecule has 0 bridgehead atoms. The number of nitrogens with two attached hydrogens (primary N) is 2. The molecule has 8 nitrogen and oxygen atoms in total. The van der Waals surface area contributed by atoms with Crippen molar-refractivity contribution in [2.24, 2.45) is 11.5 Å². The Hall–Kier alpha value is -3.78. The van der Waals surface area contributed by atoms with Gasteiger partial charge in [-0.2, -0.15) is 0 Å². The fraction of sp³-hybridized carbons (Fsp3) is 0.100. The molecule has 2 aromatic heterocycles. The minimum absolute atomic E-state index is 0.114. The molecule has 142 valence electrons. The van der Waals surface area contributed by atoms with Crippen LogP contribution in [0.5, 0.6) is 0 Å². The smallest absolute Gasteiger partial charge is 0.319 e. The number of pyridine rings is 2. The number of urea groups is 1. The van der Waals surface area contributed by atoms with E-state index < -0.39 is 5.91 Å². The second-order valence-electron chi connectivity index (χ2n) is 6.01. The molecule has 3 rings (SSSR count). The van der Waals surface area contributed by atoms with E-state index in [1.165, 1.54) is 0 Å². The van der Waals surface area contributed by atoms with Crippen molar-refractivity contribution in [1.82, 2.24) is 15.3 Å². The fourth-order valence-electron chi connectivity index (χ4n) is 2.63. The molecule has 1 aromatic carbocycles. The summed E-state index contributed by atoms with van der Waals surface area (Å²) in [5.41, 5.74) is 14.8. The molecule has 3 amide bonds. The molecular weight excluding hydrogens is 356 g/mol. The van der Waals surface area contributed by atoms with Crippen molar-refractivity contribution in [3.63, 3.8) is 0 Å². The molecule has 0 radical (unpaired) electrons. The zero-order valence-electron chi connectivity index (χ0n) is 15.1. The van der Waals surface area contributed by atoms with Gasteiger partial charge < -0.3 is 22.1 Å². The van der Waals surface area contributed by atoms with Gasteiger partial charge in [-0.15, -0.1) is 0 Å². The van der Waals surface area contributed by atoms with Crippen LogP contribution in [-0.4, -0.2) is 21.9 Å². The van der Waals surface area contributed by atoms with Gasteiger partial charge in [0.15, 0.2) is 0 Å². The summed E-state index contributed by atoms with van der Waals surface area (Å²) in [5, 5.41) is 5.53. The standard InChI is InChI=1S/C20H20N6O2/c21-10-18-16(19(22)27)7-8-17(26-18)14-3-5-15(6-4-14)25-20(28)24-12-13-2-1-9-23-11-13/h1-9,11H,10,12,21H2,(H2,22,27)(H2,24,25,28). The van der Waals surface area contributed by atoms with Gasteiger partial charge >= 0.3 is 6.03 Å². The molecule has 6 N–H and O–H groups in total. The van der Waals surface area contributed by atoms with Crippen molar-refractivity contribution in [3.8, 4) is 11.3 Å². The quantitative estimate of drug-likeness (QED) is 0.522. The number of nitrogens with zero attached hydrogens (tertiary/aromatic N) is 2. The van der Waals surface area contributed by atoms with Crippen molar-refractivity contribution in [2.75, 3.05) is 5.32 Å². The maximum absolute atomic E-state index is 12.0. The number of anilines is 1. The van der Waals surface area contributed by atoms with E-state index in [0.717, 1.165) is 11.1 Å². The van der Waals surface area contributed by atoms with E-state index >= 15 is 0 Å². The lowest BCUT2D eigenvalue weighted by Gasteiger charge is -2.10. The number of aromatic nitrogens is 2. The van der Waals surface area contributed by atoms with Crippen molar-refractivity contribution in [3.05, 3.63) is 77.7 Å². The Morgan fingerprint density at radius 3 is 2.46 bits per heavy atom. The number of hydrogen-bond donors (Lipinski definition) is 4. The molecule has 0 atom stereocenters. The predicted octanol–water partition coefficient (Wildman–Crippen LogP) is 2.02. The Kier molecular flexibility index (Phi) is 5.93. The molecule has 28 heavy (non-hydrogen) atoms. The molecule has 0 saturated carbocycles. The van der Waals surface area contributed by atoms with Crippen molar-refractivity contribution >= 4 is 17.6 Å². The van der Waals surface area contributed by atoms with Crippen LogP contribution in [0.3, 0.4) is 0 Å². The second kappa shape index (κ2) is 8.74. The highest BCUT2D eigenvalue weighted by Gasteiger charge is 2.10. The second-order valence-corrected chi connectivity index (χ2v) is 6.01. The number of hydrogen-bond acceptors (Lipinski definition) is 5. The third kappa shape index (κ3) is 4.68. The van der Waals surface area contributed by atoms with Gasteiger partial charge in [0.05, 0.1) is 17.0 Å². The van der Waals surface area contributed by atoms with Crippen LogP contribution in [0.1, 0.15) is 21.6 Å². The largest absolute Gasteiger partial charge is 0.366 e. The van der Waals surface area contributed by atoms with Gasteiger partial charge in [0.1, 0.15) is 0 Å². The molecule has 0 aliphatic rings. The monoisotopic (exact) mass is 376 g/mol. The highest BCUT2D eigenvalue weighted by atomic mass is 16.2. The van der Waals surface area contributed by atoms with Gasteiger partial charge in [0, 0.05) is 36.7 Å². The number of primary amides is 1. The summed E-state index contributed by atoms with van der Waals surface area (Å²) in [6.45, 7) is 0.499. The lowest BCUT2D eigenvalue weighted by atomic mass is 10.1. The molecule has 0 unspecified atom stereocenters. The normalized spacial score (nSPS) is 10.3. The van der Waals surface area contributed by atoms with Crippen LogP contribution in [0.2, 0.25) is 0 Å². The molecule has 0 saturated heterocycles. The molecule has 2 heterocycles. The lowest BCUT2D eigenvalue weighted by molar-refractivity contribution is 0.0999. The van der Waals surface area contributed by atoms with Crippen molar-refractivity contribution in [2.45, 2.75) is 13.1 Å². The lowest BCUT2D eigenvalue weighted by Crippen LogP contribution is -2.28. The van der Waals surface area contributed by atoms with Crippen LogP contribution in [0.25, 0.3) is 11.3 Å². The molecule has 0 fully saturated rings. The number of rotatable bonds is 6. The summed E-state index contributed by atoms with van der Waals surface area (Å²) in [5.74, 6) is -0.559. The molecule has 3 aromatic rings. The Labute approximate surface area is 162 Å². The Balaban J connectivity index is 1.65. The zero-order chi connectivity index (χ0) is 19.9. The number of nitrogens with one attached hydrogen (secondary N) is 2. The van der Waals surface area contributed by atoms with Gasteiger partial charge in [-0.05, 0) is 35.9 Å². The maximum Gasteiger partial charge on any atom is 0.319 e. The van der Waals surface area contributed by atoms with Crippen molar-refractivity contribution in [1.29, 1.82) is 0 Å². The first-order valence-corrected chi connectivity index (χ1v) is 8.61. The van der Waals surface area contributed by atoms with Crippen LogP contribution in [-0.2, 0) is 13.1 Å². The van der Waals surface area contributed by atoms with E-state index in [0.29, 0.717) is 29.2 Å². The van der Waals surface area contributed by atoms with Crippen molar-refractivity contribution < 1.29 is 9.59 Å². The van der Waals surface area contributed by atoms with Crippen LogP contribution >= 0.6 is 0 Å². The molecule has 0 aliphatic carbocycles. The van der Waals surface area contributed by atoms with E-state index in [2.05, 4.69) is 20.6 Å². The van der Waals surface area contributed by atoms with E-state index in [-0.39, 0.29) is 12.6 Å². The minimum atomic E-state index is -0.559. The molecule has 0 spiro atoms. The van der Waals surface area contributed by atoms with Gasteiger partial charge in [-0.3, -0.25) is 14.8 Å². The minimum Gasteiger partial charge on any atom is -0.366 e. The van der Waals surface area contributed by atoms with E-state index in [1.807, 2.05) is 24.3 Å². The first-order chi connectivity index (χ1) is 13.6. The van der Waals surface area contributed by atoms with Crippen LogP contribution in [0, 0.1) is 0 Å². The SMILES string of the molecule is NCc1nc(-c2ccc(NC(=O)NCc3cccnc3)cc2)ccc1C(N)=O. The summed E-state index contributed by atoms with van der Waals surface area (Å²) in [7, 11) is 0. The van der Waals surface area contributed by atoms with E-state index in [1.54, 1.807) is 36.7 Å².